The zero-order valence-electron chi connectivity index (χ0n) is 4.29. The molecule has 8 heavy (non-hydrogen) atoms. The highest BCUT2D eigenvalue weighted by Crippen LogP contribution is 1.25. The topological polar surface area (TPSA) is 103 Å². The maximum Gasteiger partial charge on any atom is 0.309 e. The molecule has 0 aliphatic heterocycles. The van der Waals surface area contributed by atoms with Crippen LogP contribution in [0, 0.1) is 0 Å². The molecule has 0 aromatic heterocycles. The Balaban J connectivity index is -0.0000000542. The zero-order chi connectivity index (χ0) is 7.58. The minimum Gasteiger partial charge on any atom is -0.352 e. The van der Waals surface area contributed by atoms with E-state index in [2.05, 4.69) is 11.5 Å². The maximum absolute atomic E-state index is 9.00. The summed E-state index contributed by atoms with van der Waals surface area (Å²) in [5, 5.41) is 0. The van der Waals surface area contributed by atoms with Gasteiger partial charge in [-0.2, -0.15) is 0 Å². The summed E-state index contributed by atoms with van der Waals surface area (Å²) in [7, 11) is 0. The van der Waals surface area contributed by atoms with Crippen molar-refractivity contribution in [3.05, 3.63) is 0 Å². The third-order valence-corrected chi connectivity index (χ3v) is 0. The fourth-order valence-corrected chi connectivity index (χ4v) is 0. The predicted molar refractivity (Wildman–Crippen MR) is 28.0 cm³/mol. The number of amides is 2. The van der Waals surface area contributed by atoms with E-state index in [1.54, 1.807) is 0 Å². The number of hydrogen-bond acceptors (Lipinski definition) is 3. The lowest BCUT2D eigenvalue weighted by atomic mass is 11.2. The molecule has 0 aromatic rings. The molecule has 5 nitrogen and oxygen atoms in total. The van der Waals surface area contributed by atoms with Crippen LogP contribution < -0.4 is 11.5 Å². The van der Waals surface area contributed by atoms with Gasteiger partial charge in [-0.15, -0.1) is 0 Å². The van der Waals surface area contributed by atoms with Gasteiger partial charge in [-0.05, 0) is 0 Å². The van der Waals surface area contributed by atoms with Gasteiger partial charge in [0, 0.05) is 0 Å². The summed E-state index contributed by atoms with van der Waals surface area (Å²) in [4.78, 5) is 25.0. The van der Waals surface area contributed by atoms with Gasteiger partial charge < -0.3 is 21.1 Å². The van der Waals surface area contributed by atoms with Gasteiger partial charge in [-0.25, -0.2) is 4.79 Å². The fraction of sp³-hybridized carbons (Fsp3) is 0. The summed E-state index contributed by atoms with van der Waals surface area (Å²) in [6.07, 6.45) is 0. The molecule has 0 saturated heterocycles. The summed E-state index contributed by atoms with van der Waals surface area (Å²) in [6, 6.07) is -0.833. The summed E-state index contributed by atoms with van der Waals surface area (Å²) < 4.78 is 0. The summed E-state index contributed by atoms with van der Waals surface area (Å²) >= 11 is 0. The van der Waals surface area contributed by atoms with E-state index in [1.807, 2.05) is 13.6 Å². The Bertz CT molecular complexity index is 50.5. The average molecular weight is 120 g/mol. The van der Waals surface area contributed by atoms with Crippen molar-refractivity contribution in [1.29, 1.82) is 0 Å². The Morgan fingerprint density at radius 3 is 1.00 bits per heavy atom. The van der Waals surface area contributed by atoms with Crippen LogP contribution in [-0.4, -0.2) is 19.6 Å². The van der Waals surface area contributed by atoms with Gasteiger partial charge in [0.15, 0.2) is 0 Å². The summed E-state index contributed by atoms with van der Waals surface area (Å²) in [5.74, 6) is 0. The van der Waals surface area contributed by atoms with Crippen molar-refractivity contribution in [3.63, 3.8) is 0 Å². The van der Waals surface area contributed by atoms with E-state index in [1.165, 1.54) is 0 Å². The van der Waals surface area contributed by atoms with E-state index < -0.39 is 6.03 Å². The molecule has 5 heteroatoms. The van der Waals surface area contributed by atoms with Gasteiger partial charge in [-0.3, -0.25) is 0 Å². The molecule has 0 fully saturated rings. The Morgan fingerprint density at radius 1 is 1.00 bits per heavy atom. The second kappa shape index (κ2) is 46.0. The van der Waals surface area contributed by atoms with Crippen LogP contribution in [0.2, 0.25) is 0 Å². The molecule has 0 rings (SSSR count). The third kappa shape index (κ3) is 31.1. The fourth-order valence-electron chi connectivity index (χ4n) is 0. The van der Waals surface area contributed by atoms with E-state index >= 15 is 0 Å². The van der Waals surface area contributed by atoms with Crippen molar-refractivity contribution >= 4 is 19.6 Å². The molecular weight excluding hydrogens is 112 g/mol. The predicted octanol–water partition coefficient (Wildman–Crippen LogP) is -1.35. The normalized spacial score (nSPS) is 4.00. The molecule has 0 radical (unpaired) electrons. The van der Waals surface area contributed by atoms with Gasteiger partial charge in [0.2, 0.25) is 0 Å². The first-order valence-corrected chi connectivity index (χ1v) is 1.36. The number of primary amides is 2. The number of rotatable bonds is 0. The second-order valence-corrected chi connectivity index (χ2v) is 0.402. The number of hydrogen-bond donors (Lipinski definition) is 2. The van der Waals surface area contributed by atoms with Crippen LogP contribution in [0.3, 0.4) is 0 Å². The minimum absolute atomic E-state index is 0.833. The van der Waals surface area contributed by atoms with Crippen molar-refractivity contribution in [3.8, 4) is 0 Å². The highest BCUT2D eigenvalue weighted by Gasteiger charge is 1.60. The maximum atomic E-state index is 9.00. The number of carbonyl (C=O) groups excluding carboxylic acids is 3. The summed E-state index contributed by atoms with van der Waals surface area (Å²) in [5.41, 5.74) is 8.50. The molecule has 4 N–H and O–H groups in total. The Kier molecular flexibility index (Phi) is 91.8. The third-order valence-electron chi connectivity index (χ3n) is 0. The standard InChI is InChI=1S/CH4N2O.2CH2O/c2-1(3)4;2*1-2/h(H4,2,3,4);2*1H2. The van der Waals surface area contributed by atoms with E-state index in [-0.39, 0.29) is 0 Å². The molecule has 0 aliphatic carbocycles. The van der Waals surface area contributed by atoms with E-state index in [0.717, 1.165) is 0 Å². The van der Waals surface area contributed by atoms with Gasteiger partial charge in [0.05, 0.1) is 0 Å². The molecule has 0 aromatic carbocycles. The smallest absolute Gasteiger partial charge is 0.309 e. The van der Waals surface area contributed by atoms with E-state index in [0.29, 0.717) is 0 Å². The van der Waals surface area contributed by atoms with Gasteiger partial charge in [-0.1, -0.05) is 0 Å². The lowest BCUT2D eigenvalue weighted by molar-refractivity contribution is -0.0987. The van der Waals surface area contributed by atoms with Crippen LogP contribution in [0.4, 0.5) is 4.79 Å². The first kappa shape index (κ1) is 16.0. The Morgan fingerprint density at radius 2 is 1.00 bits per heavy atom. The first-order chi connectivity index (χ1) is 3.73. The van der Waals surface area contributed by atoms with Crippen molar-refractivity contribution in [2.45, 2.75) is 0 Å². The average Bonchev–Trinajstić information content (AvgIpc) is 1.75. The van der Waals surface area contributed by atoms with Crippen molar-refractivity contribution in [1.82, 2.24) is 0 Å². The highest BCUT2D eigenvalue weighted by atomic mass is 16.2. The van der Waals surface area contributed by atoms with Gasteiger partial charge >= 0.3 is 6.03 Å². The van der Waals surface area contributed by atoms with Crippen LogP contribution in [0.5, 0.6) is 0 Å². The lowest BCUT2D eigenvalue weighted by Gasteiger charge is -1.62. The van der Waals surface area contributed by atoms with Crippen LogP contribution >= 0.6 is 0 Å². The number of urea groups is 1. The Hall–Kier alpha value is -1.39. The molecule has 2 amide bonds. The molecule has 0 saturated carbocycles. The van der Waals surface area contributed by atoms with Crippen molar-refractivity contribution < 1.29 is 14.4 Å². The minimum atomic E-state index is -0.833. The monoisotopic (exact) mass is 120 g/mol. The molecule has 0 heterocycles. The molecular formula is C3H8N2O3. The van der Waals surface area contributed by atoms with Gasteiger partial charge in [0.25, 0.3) is 0 Å². The lowest BCUT2D eigenvalue weighted by Crippen LogP contribution is -2.18. The molecule has 0 spiro atoms. The largest absolute Gasteiger partial charge is 0.352 e. The molecule has 48 valence electrons. The van der Waals surface area contributed by atoms with Crippen LogP contribution in [0.1, 0.15) is 0 Å². The van der Waals surface area contributed by atoms with Crippen LogP contribution in [-0.2, 0) is 9.59 Å². The zero-order valence-corrected chi connectivity index (χ0v) is 4.29. The SMILES string of the molecule is C=O.C=O.NC(N)=O. The van der Waals surface area contributed by atoms with Crippen molar-refractivity contribution in [2.75, 3.05) is 0 Å². The van der Waals surface area contributed by atoms with E-state index in [4.69, 9.17) is 14.4 Å². The van der Waals surface area contributed by atoms with Crippen molar-refractivity contribution in [2.24, 2.45) is 11.5 Å². The van der Waals surface area contributed by atoms with Gasteiger partial charge in [0.1, 0.15) is 13.6 Å². The van der Waals surface area contributed by atoms with Crippen LogP contribution in [0.25, 0.3) is 0 Å². The number of carbonyl (C=O) groups is 3. The Labute approximate surface area is 46.6 Å². The van der Waals surface area contributed by atoms with E-state index in [9.17, 15) is 0 Å². The molecule has 0 atom stereocenters. The quantitative estimate of drug-likeness (QED) is 0.413. The number of nitrogens with two attached hydrogens (primary N) is 2. The first-order valence-electron chi connectivity index (χ1n) is 1.36. The van der Waals surface area contributed by atoms with Crippen LogP contribution in [0.15, 0.2) is 0 Å². The molecule has 0 bridgehead atoms. The molecule has 0 aliphatic rings. The highest BCUT2D eigenvalue weighted by molar-refractivity contribution is 5.69. The second-order valence-electron chi connectivity index (χ2n) is 0.402. The summed E-state index contributed by atoms with van der Waals surface area (Å²) in [6.45, 7) is 4.00. The molecule has 0 unspecified atom stereocenters.